The molecule has 1 heterocycles. The van der Waals surface area contributed by atoms with E-state index < -0.39 is 88.3 Å². The van der Waals surface area contributed by atoms with Crippen LogP contribution in [0.1, 0.15) is 111 Å². The molecule has 0 aromatic heterocycles. The molecule has 4 N–H and O–H groups in total. The van der Waals surface area contributed by atoms with Crippen LogP contribution in [-0.4, -0.2) is 108 Å². The highest BCUT2D eigenvalue weighted by molar-refractivity contribution is 6.13. The number of unbranched alkanes of at least 4 members (excludes halogenated alkanes) is 1. The summed E-state index contributed by atoms with van der Waals surface area (Å²) in [6, 6.07) is 24.6. The van der Waals surface area contributed by atoms with Crippen molar-refractivity contribution in [1.29, 1.82) is 0 Å². The van der Waals surface area contributed by atoms with Crippen LogP contribution >= 0.6 is 0 Å². The molecular formula is C55H75N5O12. The molecule has 1 aliphatic rings. The summed E-state index contributed by atoms with van der Waals surface area (Å²) in [6.45, 7) is 14.1. The molecule has 3 aromatic rings. The summed E-state index contributed by atoms with van der Waals surface area (Å²) in [4.78, 5) is 113. The van der Waals surface area contributed by atoms with Crippen molar-refractivity contribution in [2.24, 2.45) is 17.8 Å². The number of carbonyl (C=O) groups excluding carboxylic acids is 8. The lowest BCUT2D eigenvalue weighted by Gasteiger charge is -2.41. The molecule has 1 aliphatic heterocycles. The molecule has 17 heteroatoms. The van der Waals surface area contributed by atoms with Crippen molar-refractivity contribution in [2.75, 3.05) is 26.7 Å². The number of hydrogen-bond acceptors (Lipinski definition) is 12. The van der Waals surface area contributed by atoms with E-state index in [-0.39, 0.29) is 70.7 Å². The Morgan fingerprint density at radius 1 is 0.625 bits per heavy atom. The zero-order valence-corrected chi connectivity index (χ0v) is 43.4. The van der Waals surface area contributed by atoms with E-state index in [0.717, 1.165) is 5.56 Å². The first kappa shape index (κ1) is 57.8. The van der Waals surface area contributed by atoms with Crippen LogP contribution in [0, 0.1) is 17.8 Å². The first-order valence-corrected chi connectivity index (χ1v) is 24.8. The molecule has 4 unspecified atom stereocenters. The quantitative estimate of drug-likeness (QED) is 0.0315. The van der Waals surface area contributed by atoms with Crippen molar-refractivity contribution in [3.8, 4) is 0 Å². The number of rotatable bonds is 23. The number of piperidine rings is 1. The second kappa shape index (κ2) is 27.2. The van der Waals surface area contributed by atoms with Gasteiger partial charge in [-0.3, -0.25) is 19.2 Å². The van der Waals surface area contributed by atoms with Gasteiger partial charge in [0, 0.05) is 19.6 Å². The number of Topliss-reactive ketones (excluding diaryl/α,β-unsaturated/α-hetero) is 2. The van der Waals surface area contributed by atoms with Crippen molar-refractivity contribution >= 4 is 47.6 Å². The van der Waals surface area contributed by atoms with Gasteiger partial charge < -0.3 is 45.1 Å². The molecule has 4 rings (SSSR count). The number of carbonyl (C=O) groups is 8. The van der Waals surface area contributed by atoms with Gasteiger partial charge in [-0.25, -0.2) is 19.2 Å². The average Bonchev–Trinajstić information content (AvgIpc) is 3.32. The van der Waals surface area contributed by atoms with Crippen LogP contribution in [0.25, 0.3) is 0 Å². The van der Waals surface area contributed by atoms with Gasteiger partial charge in [-0.15, -0.1) is 0 Å². The third kappa shape index (κ3) is 19.1. The molecule has 0 spiro atoms. The van der Waals surface area contributed by atoms with E-state index in [1.165, 1.54) is 12.0 Å². The Morgan fingerprint density at radius 2 is 1.15 bits per heavy atom. The maximum atomic E-state index is 15.2. The topological polar surface area (TPSA) is 225 Å². The van der Waals surface area contributed by atoms with Crippen LogP contribution in [-0.2, 0) is 62.4 Å². The van der Waals surface area contributed by atoms with E-state index in [2.05, 4.69) is 21.3 Å². The molecule has 1 fully saturated rings. The first-order valence-electron chi connectivity index (χ1n) is 24.8. The largest absolute Gasteiger partial charge is 0.467 e. The van der Waals surface area contributed by atoms with Gasteiger partial charge in [0.05, 0.1) is 25.0 Å². The lowest BCUT2D eigenvalue weighted by Crippen LogP contribution is -2.63. The van der Waals surface area contributed by atoms with Gasteiger partial charge in [-0.1, -0.05) is 105 Å². The average molecular weight is 998 g/mol. The summed E-state index contributed by atoms with van der Waals surface area (Å²) in [5.74, 6) is -6.28. The van der Waals surface area contributed by atoms with Gasteiger partial charge in [-0.2, -0.15) is 0 Å². The number of likely N-dealkylation sites (tertiary alicyclic amines) is 1. The van der Waals surface area contributed by atoms with Gasteiger partial charge in [0.1, 0.15) is 29.4 Å². The Labute approximate surface area is 424 Å². The van der Waals surface area contributed by atoms with Crippen LogP contribution in [0.2, 0.25) is 0 Å². The summed E-state index contributed by atoms with van der Waals surface area (Å²) in [5.41, 5.74) is -0.964. The molecule has 0 saturated carbocycles. The van der Waals surface area contributed by atoms with Gasteiger partial charge in [0.15, 0.2) is 11.6 Å². The van der Waals surface area contributed by atoms with Crippen LogP contribution in [0.3, 0.4) is 0 Å². The fraction of sp³-hybridized carbons (Fsp3) is 0.527. The molecular weight excluding hydrogens is 923 g/mol. The van der Waals surface area contributed by atoms with Crippen LogP contribution in [0.5, 0.6) is 0 Å². The standard InChI is InChI=1S/C55H75N5O12/c1-37(2)33-42(45(61)41(34-38-21-13-10-14-22-38)46(62)44(35-39-23-15-11-16-24-39)58-51(67)70-36-40-25-17-12-18-26-40)47(63)57-43(27-19-20-30-56-50(66)71-53(3,4)5)48(64)60-31-28-55(29-32-60,49(65)69-9)59-52(68)72-54(6,7)8/h10-18,21-26,37,41-44H,19-20,27-36H2,1-9H3,(H,56,66)(H,57,63)(H,58,67)(H,59,68). The molecule has 0 bridgehead atoms. The number of benzene rings is 3. The monoisotopic (exact) mass is 998 g/mol. The number of ether oxygens (including phenoxy) is 4. The Kier molecular flexibility index (Phi) is 21.8. The van der Waals surface area contributed by atoms with Gasteiger partial charge >= 0.3 is 24.2 Å². The lowest BCUT2D eigenvalue weighted by atomic mass is 9.78. The Bertz CT molecular complexity index is 2270. The van der Waals surface area contributed by atoms with Crippen molar-refractivity contribution in [3.05, 3.63) is 108 Å². The third-order valence-electron chi connectivity index (χ3n) is 11.9. The molecule has 4 atom stereocenters. The first-order chi connectivity index (χ1) is 34.0. The van der Waals surface area contributed by atoms with Crippen LogP contribution in [0.15, 0.2) is 91.0 Å². The number of ketones is 2. The number of nitrogens with one attached hydrogen (secondary N) is 4. The smallest absolute Gasteiger partial charge is 0.408 e. The highest BCUT2D eigenvalue weighted by atomic mass is 16.6. The molecule has 0 radical (unpaired) electrons. The van der Waals surface area contributed by atoms with E-state index in [9.17, 15) is 28.8 Å². The highest BCUT2D eigenvalue weighted by Crippen LogP contribution is 2.28. The summed E-state index contributed by atoms with van der Waals surface area (Å²) in [7, 11) is 1.20. The van der Waals surface area contributed by atoms with Crippen molar-refractivity contribution in [1.82, 2.24) is 26.2 Å². The molecule has 3 aromatic carbocycles. The minimum Gasteiger partial charge on any atom is -0.467 e. The minimum atomic E-state index is -1.50. The third-order valence-corrected chi connectivity index (χ3v) is 11.9. The van der Waals surface area contributed by atoms with Crippen molar-refractivity contribution < 1.29 is 57.3 Å². The lowest BCUT2D eigenvalue weighted by molar-refractivity contribution is -0.153. The predicted octanol–water partition coefficient (Wildman–Crippen LogP) is 7.42. The molecule has 5 amide bonds. The van der Waals surface area contributed by atoms with Crippen LogP contribution < -0.4 is 21.3 Å². The van der Waals surface area contributed by atoms with E-state index in [1.54, 1.807) is 108 Å². The predicted molar refractivity (Wildman–Crippen MR) is 270 cm³/mol. The van der Waals surface area contributed by atoms with Gasteiger partial charge in [0.25, 0.3) is 0 Å². The maximum Gasteiger partial charge on any atom is 0.408 e. The van der Waals surface area contributed by atoms with Gasteiger partial charge in [-0.05, 0) is 116 Å². The van der Waals surface area contributed by atoms with Crippen LogP contribution in [0.4, 0.5) is 14.4 Å². The minimum absolute atomic E-state index is 0.0120. The number of hydrogen-bond donors (Lipinski definition) is 4. The van der Waals surface area contributed by atoms with E-state index in [4.69, 9.17) is 18.9 Å². The Balaban J connectivity index is 1.65. The summed E-state index contributed by atoms with van der Waals surface area (Å²) >= 11 is 0. The number of alkyl carbamates (subject to hydrolysis) is 3. The van der Waals surface area contributed by atoms with Crippen molar-refractivity contribution in [3.63, 3.8) is 0 Å². The summed E-state index contributed by atoms with van der Waals surface area (Å²) < 4.78 is 21.4. The Hall–Kier alpha value is -6.78. The zero-order valence-electron chi connectivity index (χ0n) is 43.4. The molecule has 17 nitrogen and oxygen atoms in total. The van der Waals surface area contributed by atoms with Gasteiger partial charge in [0.2, 0.25) is 11.8 Å². The SMILES string of the molecule is COC(=O)C1(NC(=O)OC(C)(C)C)CCN(C(=O)C(CCCCNC(=O)OC(C)(C)C)NC(=O)C(CC(C)C)C(=O)C(Cc2ccccc2)C(=O)C(Cc2ccccc2)NC(=O)OCc2ccccc2)CC1. The number of amides is 5. The van der Waals surface area contributed by atoms with E-state index in [1.807, 2.05) is 38.1 Å². The highest BCUT2D eigenvalue weighted by Gasteiger charge is 2.47. The van der Waals surface area contributed by atoms with E-state index >= 15 is 9.59 Å². The number of nitrogens with zero attached hydrogens (tertiary/aromatic N) is 1. The fourth-order valence-corrected chi connectivity index (χ4v) is 8.39. The maximum absolute atomic E-state index is 15.2. The summed E-state index contributed by atoms with van der Waals surface area (Å²) in [5, 5.41) is 11.0. The second-order valence-corrected chi connectivity index (χ2v) is 20.7. The van der Waals surface area contributed by atoms with Crippen molar-refractivity contribution in [2.45, 2.75) is 142 Å². The summed E-state index contributed by atoms with van der Waals surface area (Å²) in [6.07, 6.45) is -1.53. The normalized spacial score (nSPS) is 15.1. The number of methoxy groups -OCH3 is 1. The molecule has 1 saturated heterocycles. The zero-order chi connectivity index (χ0) is 53.1. The second-order valence-electron chi connectivity index (χ2n) is 20.7. The number of esters is 1. The molecule has 392 valence electrons. The Morgan fingerprint density at radius 3 is 1.68 bits per heavy atom. The van der Waals surface area contributed by atoms with E-state index in [0.29, 0.717) is 24.0 Å². The molecule has 72 heavy (non-hydrogen) atoms. The fourth-order valence-electron chi connectivity index (χ4n) is 8.39. The molecule has 0 aliphatic carbocycles.